The number of aryl methyl sites for hydroxylation is 2. The molecule has 4 nitrogen and oxygen atoms in total. The number of nitrogens with one attached hydrogen (secondary N) is 1. The van der Waals surface area contributed by atoms with E-state index in [9.17, 15) is 0 Å². The molecule has 0 spiro atoms. The summed E-state index contributed by atoms with van der Waals surface area (Å²) in [5, 5.41) is 7.89. The molecule has 2 heterocycles. The third-order valence-electron chi connectivity index (χ3n) is 4.14. The van der Waals surface area contributed by atoms with Crippen molar-refractivity contribution in [3.63, 3.8) is 0 Å². The zero-order chi connectivity index (χ0) is 14.7. The summed E-state index contributed by atoms with van der Waals surface area (Å²) < 4.78 is 0. The van der Waals surface area contributed by atoms with Crippen molar-refractivity contribution in [2.45, 2.75) is 58.9 Å². The van der Waals surface area contributed by atoms with Crippen LogP contribution in [0.15, 0.2) is 6.07 Å². The van der Waals surface area contributed by atoms with Gasteiger partial charge in [0, 0.05) is 18.3 Å². The zero-order valence-corrected chi connectivity index (χ0v) is 12.9. The Morgan fingerprint density at radius 3 is 2.85 bits per heavy atom. The van der Waals surface area contributed by atoms with Gasteiger partial charge in [-0.25, -0.2) is 0 Å². The normalized spacial score (nSPS) is 19.1. The molecule has 0 aliphatic carbocycles. The van der Waals surface area contributed by atoms with E-state index in [4.69, 9.17) is 11.1 Å². The van der Waals surface area contributed by atoms with Crippen LogP contribution in [-0.2, 0) is 0 Å². The van der Waals surface area contributed by atoms with Crippen molar-refractivity contribution in [2.75, 3.05) is 11.4 Å². The standard InChI is InChI=1S/C16H26N4/c1-4-7-13-8-5-6-9-20(13)14-10-11(2)19-12(3)15(14)16(17)18/h10,13H,4-9H2,1-3H3,(H3,17,18). The summed E-state index contributed by atoms with van der Waals surface area (Å²) in [5.74, 6) is 0.130. The van der Waals surface area contributed by atoms with E-state index in [1.165, 1.54) is 32.1 Å². The SMILES string of the molecule is CCCC1CCCCN1c1cc(C)nc(C)c1C(=N)N. The molecule has 1 aromatic heterocycles. The Balaban J connectivity index is 2.46. The lowest BCUT2D eigenvalue weighted by Gasteiger charge is -2.39. The molecule has 1 aliphatic rings. The molecule has 1 aliphatic heterocycles. The first-order valence-corrected chi connectivity index (χ1v) is 7.63. The molecule has 0 saturated carbocycles. The molecule has 1 saturated heterocycles. The number of nitrogens with two attached hydrogens (primary N) is 1. The van der Waals surface area contributed by atoms with Crippen LogP contribution >= 0.6 is 0 Å². The fourth-order valence-electron chi connectivity index (χ4n) is 3.32. The highest BCUT2D eigenvalue weighted by molar-refractivity contribution is 6.01. The Kier molecular flexibility index (Phi) is 4.63. The fourth-order valence-corrected chi connectivity index (χ4v) is 3.32. The van der Waals surface area contributed by atoms with E-state index < -0.39 is 0 Å². The van der Waals surface area contributed by atoms with E-state index in [2.05, 4.69) is 22.9 Å². The van der Waals surface area contributed by atoms with E-state index >= 15 is 0 Å². The first kappa shape index (κ1) is 14.8. The highest BCUT2D eigenvalue weighted by Crippen LogP contribution is 2.31. The van der Waals surface area contributed by atoms with Crippen LogP contribution in [0.4, 0.5) is 5.69 Å². The number of anilines is 1. The molecular formula is C16H26N4. The summed E-state index contributed by atoms with van der Waals surface area (Å²) in [4.78, 5) is 6.94. The number of nitrogens with zero attached hydrogens (tertiary/aromatic N) is 2. The number of pyridine rings is 1. The average Bonchev–Trinajstić information content (AvgIpc) is 2.38. The Morgan fingerprint density at radius 2 is 2.20 bits per heavy atom. The van der Waals surface area contributed by atoms with Gasteiger partial charge in [0.1, 0.15) is 5.84 Å². The van der Waals surface area contributed by atoms with Crippen molar-refractivity contribution >= 4 is 11.5 Å². The summed E-state index contributed by atoms with van der Waals surface area (Å²) in [5.41, 5.74) is 9.61. The van der Waals surface area contributed by atoms with Crippen LogP contribution < -0.4 is 10.6 Å². The minimum atomic E-state index is 0.130. The maximum absolute atomic E-state index is 7.89. The zero-order valence-electron chi connectivity index (χ0n) is 12.9. The van der Waals surface area contributed by atoms with Gasteiger partial charge in [-0.1, -0.05) is 13.3 Å². The van der Waals surface area contributed by atoms with Crippen molar-refractivity contribution in [1.82, 2.24) is 4.98 Å². The van der Waals surface area contributed by atoms with Crippen LogP contribution in [0.5, 0.6) is 0 Å². The van der Waals surface area contributed by atoms with Crippen LogP contribution in [0, 0.1) is 19.3 Å². The number of aromatic nitrogens is 1. The van der Waals surface area contributed by atoms with E-state index in [1.54, 1.807) is 0 Å². The second-order valence-corrected chi connectivity index (χ2v) is 5.79. The number of rotatable bonds is 4. The van der Waals surface area contributed by atoms with Gasteiger partial charge in [0.05, 0.1) is 16.9 Å². The van der Waals surface area contributed by atoms with Gasteiger partial charge in [0.2, 0.25) is 0 Å². The molecule has 20 heavy (non-hydrogen) atoms. The van der Waals surface area contributed by atoms with Gasteiger partial charge in [-0.3, -0.25) is 10.4 Å². The number of piperidine rings is 1. The van der Waals surface area contributed by atoms with Gasteiger partial charge in [0.15, 0.2) is 0 Å². The summed E-state index contributed by atoms with van der Waals surface area (Å²) in [6.07, 6.45) is 6.17. The lowest BCUT2D eigenvalue weighted by molar-refractivity contribution is 0.434. The fraction of sp³-hybridized carbons (Fsp3) is 0.625. The number of hydrogen-bond acceptors (Lipinski definition) is 3. The summed E-state index contributed by atoms with van der Waals surface area (Å²) in [6, 6.07) is 2.67. The van der Waals surface area contributed by atoms with Crippen molar-refractivity contribution in [3.8, 4) is 0 Å². The molecule has 1 atom stereocenters. The maximum atomic E-state index is 7.89. The molecule has 1 unspecified atom stereocenters. The van der Waals surface area contributed by atoms with Crippen LogP contribution in [0.1, 0.15) is 56.0 Å². The van der Waals surface area contributed by atoms with Crippen LogP contribution in [0.3, 0.4) is 0 Å². The Morgan fingerprint density at radius 1 is 1.45 bits per heavy atom. The van der Waals surface area contributed by atoms with Crippen LogP contribution in [0.2, 0.25) is 0 Å². The molecule has 2 rings (SSSR count). The summed E-state index contributed by atoms with van der Waals surface area (Å²) in [7, 11) is 0. The lowest BCUT2D eigenvalue weighted by Crippen LogP contribution is -2.41. The quantitative estimate of drug-likeness (QED) is 0.655. The molecule has 1 fully saturated rings. The van der Waals surface area contributed by atoms with Gasteiger partial charge in [-0.05, 0) is 45.6 Å². The second kappa shape index (κ2) is 6.25. The van der Waals surface area contributed by atoms with Crippen molar-refractivity contribution in [1.29, 1.82) is 5.41 Å². The monoisotopic (exact) mass is 274 g/mol. The predicted molar refractivity (Wildman–Crippen MR) is 84.6 cm³/mol. The van der Waals surface area contributed by atoms with Gasteiger partial charge in [0.25, 0.3) is 0 Å². The van der Waals surface area contributed by atoms with Crippen LogP contribution in [-0.4, -0.2) is 23.4 Å². The molecule has 3 N–H and O–H groups in total. The molecule has 4 heteroatoms. The lowest BCUT2D eigenvalue weighted by atomic mass is 9.96. The second-order valence-electron chi connectivity index (χ2n) is 5.79. The molecule has 0 bridgehead atoms. The first-order chi connectivity index (χ1) is 9.54. The van der Waals surface area contributed by atoms with E-state index in [1.807, 2.05) is 13.8 Å². The Labute approximate surface area is 121 Å². The minimum Gasteiger partial charge on any atom is -0.384 e. The van der Waals surface area contributed by atoms with Gasteiger partial charge in [-0.15, -0.1) is 0 Å². The van der Waals surface area contributed by atoms with E-state index in [0.717, 1.165) is 29.2 Å². The Hall–Kier alpha value is -1.58. The largest absolute Gasteiger partial charge is 0.384 e. The average molecular weight is 274 g/mol. The third kappa shape index (κ3) is 2.94. The third-order valence-corrected chi connectivity index (χ3v) is 4.14. The summed E-state index contributed by atoms with van der Waals surface area (Å²) in [6.45, 7) is 7.26. The highest BCUT2D eigenvalue weighted by atomic mass is 15.2. The number of hydrogen-bond donors (Lipinski definition) is 2. The minimum absolute atomic E-state index is 0.130. The van der Waals surface area contributed by atoms with Crippen molar-refractivity contribution < 1.29 is 0 Å². The predicted octanol–water partition coefficient (Wildman–Crippen LogP) is 3.14. The first-order valence-electron chi connectivity index (χ1n) is 7.63. The summed E-state index contributed by atoms with van der Waals surface area (Å²) >= 11 is 0. The van der Waals surface area contributed by atoms with Gasteiger partial charge in [-0.2, -0.15) is 0 Å². The molecule has 0 aromatic carbocycles. The molecule has 0 amide bonds. The van der Waals surface area contributed by atoms with Crippen molar-refractivity contribution in [3.05, 3.63) is 23.0 Å². The maximum Gasteiger partial charge on any atom is 0.126 e. The van der Waals surface area contributed by atoms with Crippen molar-refractivity contribution in [2.24, 2.45) is 5.73 Å². The van der Waals surface area contributed by atoms with E-state index in [-0.39, 0.29) is 5.84 Å². The molecule has 1 aromatic rings. The van der Waals surface area contributed by atoms with Crippen LogP contribution in [0.25, 0.3) is 0 Å². The topological polar surface area (TPSA) is 66.0 Å². The molecular weight excluding hydrogens is 248 g/mol. The van der Waals surface area contributed by atoms with Gasteiger partial charge < -0.3 is 10.6 Å². The van der Waals surface area contributed by atoms with E-state index in [0.29, 0.717) is 6.04 Å². The smallest absolute Gasteiger partial charge is 0.126 e. The number of nitrogen functional groups attached to an aromatic ring is 1. The molecule has 0 radical (unpaired) electrons. The highest BCUT2D eigenvalue weighted by Gasteiger charge is 2.25. The Bertz CT molecular complexity index is 493. The number of amidine groups is 1. The van der Waals surface area contributed by atoms with Gasteiger partial charge >= 0.3 is 0 Å². The molecule has 110 valence electrons.